The first kappa shape index (κ1) is 14.2. The van der Waals surface area contributed by atoms with Crippen molar-refractivity contribution in [3.05, 3.63) is 70.0 Å². The number of halogens is 1. The van der Waals surface area contributed by atoms with Crippen LogP contribution in [-0.4, -0.2) is 15.1 Å². The van der Waals surface area contributed by atoms with Crippen molar-refractivity contribution in [1.29, 1.82) is 0 Å². The fraction of sp³-hybridized carbons (Fsp3) is 0. The van der Waals surface area contributed by atoms with E-state index in [2.05, 4.69) is 15.3 Å². The zero-order chi connectivity index (χ0) is 15.5. The fourth-order valence-corrected chi connectivity index (χ4v) is 2.18. The van der Waals surface area contributed by atoms with Gasteiger partial charge in [0.2, 0.25) is 11.8 Å². The maximum Gasteiger partial charge on any atom is 0.264 e. The molecule has 1 aromatic heterocycles. The van der Waals surface area contributed by atoms with Crippen LogP contribution in [0.3, 0.4) is 0 Å². The molecule has 0 unspecified atom stereocenters. The number of anilines is 2. The van der Waals surface area contributed by atoms with Gasteiger partial charge in [0.1, 0.15) is 5.56 Å². The molecule has 0 aliphatic carbocycles. The zero-order valence-corrected chi connectivity index (χ0v) is 12.1. The Labute approximate surface area is 131 Å². The summed E-state index contributed by atoms with van der Waals surface area (Å²) >= 11 is 5.82. The van der Waals surface area contributed by atoms with Crippen LogP contribution in [0, 0.1) is 0 Å². The summed E-state index contributed by atoms with van der Waals surface area (Å²) in [5.41, 5.74) is 0.967. The number of hydrogen-bond acceptors (Lipinski definition) is 4. The second kappa shape index (κ2) is 5.91. The SMILES string of the molecule is O=c1[nH]c(Nc2ccccc2)nc(O)c1-c1ccc(Cl)cc1. The van der Waals surface area contributed by atoms with Crippen LogP contribution in [-0.2, 0) is 0 Å². The van der Waals surface area contributed by atoms with E-state index in [1.165, 1.54) is 0 Å². The Morgan fingerprint density at radius 3 is 2.36 bits per heavy atom. The molecular weight excluding hydrogens is 302 g/mol. The van der Waals surface area contributed by atoms with Crippen LogP contribution in [0.4, 0.5) is 11.6 Å². The van der Waals surface area contributed by atoms with Crippen LogP contribution >= 0.6 is 11.6 Å². The van der Waals surface area contributed by atoms with Gasteiger partial charge in [-0.3, -0.25) is 9.78 Å². The van der Waals surface area contributed by atoms with Gasteiger partial charge in [0.15, 0.2) is 0 Å². The van der Waals surface area contributed by atoms with E-state index in [-0.39, 0.29) is 17.4 Å². The summed E-state index contributed by atoms with van der Waals surface area (Å²) in [6.07, 6.45) is 0. The lowest BCUT2D eigenvalue weighted by Gasteiger charge is -2.08. The fourth-order valence-electron chi connectivity index (χ4n) is 2.06. The molecule has 0 aliphatic rings. The minimum Gasteiger partial charge on any atom is -0.493 e. The first-order valence-corrected chi connectivity index (χ1v) is 6.92. The van der Waals surface area contributed by atoms with Crippen molar-refractivity contribution < 1.29 is 5.11 Å². The summed E-state index contributed by atoms with van der Waals surface area (Å²) in [5.74, 6) is -0.170. The first-order chi connectivity index (χ1) is 10.6. The maximum absolute atomic E-state index is 12.2. The molecule has 3 N–H and O–H groups in total. The van der Waals surface area contributed by atoms with E-state index in [1.54, 1.807) is 24.3 Å². The van der Waals surface area contributed by atoms with Gasteiger partial charge in [-0.15, -0.1) is 0 Å². The Morgan fingerprint density at radius 1 is 1.05 bits per heavy atom. The summed E-state index contributed by atoms with van der Waals surface area (Å²) in [6.45, 7) is 0. The first-order valence-electron chi connectivity index (χ1n) is 6.55. The number of aromatic nitrogens is 2. The van der Waals surface area contributed by atoms with Crippen molar-refractivity contribution >= 4 is 23.2 Å². The average Bonchev–Trinajstić information content (AvgIpc) is 2.49. The number of para-hydroxylation sites is 1. The van der Waals surface area contributed by atoms with Gasteiger partial charge in [0.05, 0.1) is 0 Å². The number of rotatable bonds is 3. The summed E-state index contributed by atoms with van der Waals surface area (Å²) in [4.78, 5) is 18.8. The van der Waals surface area contributed by atoms with E-state index < -0.39 is 5.56 Å². The van der Waals surface area contributed by atoms with Crippen molar-refractivity contribution in [3.8, 4) is 17.0 Å². The molecule has 0 fully saturated rings. The molecular formula is C16H12ClN3O2. The van der Waals surface area contributed by atoms with E-state index in [0.717, 1.165) is 5.69 Å². The third-order valence-electron chi connectivity index (χ3n) is 3.07. The summed E-state index contributed by atoms with van der Waals surface area (Å²) in [6, 6.07) is 15.8. The average molecular weight is 314 g/mol. The molecule has 0 atom stereocenters. The number of H-pyrrole nitrogens is 1. The van der Waals surface area contributed by atoms with Gasteiger partial charge in [-0.05, 0) is 29.8 Å². The smallest absolute Gasteiger partial charge is 0.264 e. The quantitative estimate of drug-likeness (QED) is 0.691. The van der Waals surface area contributed by atoms with Crippen LogP contribution in [0.1, 0.15) is 0 Å². The highest BCUT2D eigenvalue weighted by Gasteiger charge is 2.13. The standard InChI is InChI=1S/C16H12ClN3O2/c17-11-8-6-10(7-9-11)13-14(21)19-16(20-15(13)22)18-12-4-2-1-3-5-12/h1-9H,(H3,18,19,20,21,22). The van der Waals surface area contributed by atoms with Gasteiger partial charge >= 0.3 is 0 Å². The predicted octanol–water partition coefficient (Wildman–Crippen LogP) is 3.54. The van der Waals surface area contributed by atoms with Crippen molar-refractivity contribution in [2.75, 3.05) is 5.32 Å². The number of aromatic amines is 1. The van der Waals surface area contributed by atoms with Crippen LogP contribution in [0.25, 0.3) is 11.1 Å². The summed E-state index contributed by atoms with van der Waals surface area (Å²) in [7, 11) is 0. The Hall–Kier alpha value is -2.79. The molecule has 0 amide bonds. The lowest BCUT2D eigenvalue weighted by atomic mass is 10.1. The van der Waals surface area contributed by atoms with Crippen LogP contribution < -0.4 is 10.9 Å². The lowest BCUT2D eigenvalue weighted by molar-refractivity contribution is 0.454. The molecule has 0 bridgehead atoms. The molecule has 6 heteroatoms. The van der Waals surface area contributed by atoms with E-state index in [0.29, 0.717) is 10.6 Å². The van der Waals surface area contributed by atoms with E-state index >= 15 is 0 Å². The lowest BCUT2D eigenvalue weighted by Crippen LogP contribution is -2.13. The molecule has 1 heterocycles. The monoisotopic (exact) mass is 313 g/mol. The summed E-state index contributed by atoms with van der Waals surface area (Å²) < 4.78 is 0. The predicted molar refractivity (Wildman–Crippen MR) is 86.7 cm³/mol. The van der Waals surface area contributed by atoms with Crippen molar-refractivity contribution in [2.45, 2.75) is 0 Å². The second-order valence-electron chi connectivity index (χ2n) is 4.61. The van der Waals surface area contributed by atoms with Gasteiger partial charge in [-0.1, -0.05) is 41.9 Å². The minimum atomic E-state index is -0.437. The van der Waals surface area contributed by atoms with Gasteiger partial charge in [-0.2, -0.15) is 4.98 Å². The zero-order valence-electron chi connectivity index (χ0n) is 11.4. The van der Waals surface area contributed by atoms with Crippen molar-refractivity contribution in [2.24, 2.45) is 0 Å². The number of aromatic hydroxyl groups is 1. The number of nitrogens with zero attached hydrogens (tertiary/aromatic N) is 1. The largest absolute Gasteiger partial charge is 0.493 e. The molecule has 5 nitrogen and oxygen atoms in total. The number of nitrogens with one attached hydrogen (secondary N) is 2. The van der Waals surface area contributed by atoms with E-state index in [1.807, 2.05) is 30.3 Å². The van der Waals surface area contributed by atoms with Crippen molar-refractivity contribution in [3.63, 3.8) is 0 Å². The molecule has 3 aromatic rings. The van der Waals surface area contributed by atoms with Crippen LogP contribution in [0.5, 0.6) is 5.88 Å². The molecule has 0 saturated heterocycles. The molecule has 0 aliphatic heterocycles. The molecule has 0 spiro atoms. The Bertz CT molecular complexity index is 846. The molecule has 3 rings (SSSR count). The minimum absolute atomic E-state index is 0.107. The van der Waals surface area contributed by atoms with Crippen molar-refractivity contribution in [1.82, 2.24) is 9.97 Å². The highest BCUT2D eigenvalue weighted by atomic mass is 35.5. The second-order valence-corrected chi connectivity index (χ2v) is 5.05. The molecule has 2 aromatic carbocycles. The topological polar surface area (TPSA) is 78.0 Å². The van der Waals surface area contributed by atoms with Gasteiger partial charge in [-0.25, -0.2) is 0 Å². The number of hydrogen-bond donors (Lipinski definition) is 3. The number of benzene rings is 2. The van der Waals surface area contributed by atoms with Crippen LogP contribution in [0.2, 0.25) is 5.02 Å². The highest BCUT2D eigenvalue weighted by Crippen LogP contribution is 2.26. The van der Waals surface area contributed by atoms with Gasteiger partial charge < -0.3 is 10.4 Å². The van der Waals surface area contributed by atoms with Gasteiger partial charge in [0.25, 0.3) is 5.56 Å². The normalized spacial score (nSPS) is 10.4. The Balaban J connectivity index is 1.98. The maximum atomic E-state index is 12.2. The third-order valence-corrected chi connectivity index (χ3v) is 3.32. The molecule has 110 valence electrons. The summed E-state index contributed by atoms with van der Waals surface area (Å²) in [5, 5.41) is 13.5. The Morgan fingerprint density at radius 2 is 1.73 bits per heavy atom. The third kappa shape index (κ3) is 2.94. The molecule has 0 radical (unpaired) electrons. The highest BCUT2D eigenvalue weighted by molar-refractivity contribution is 6.30. The van der Waals surface area contributed by atoms with Gasteiger partial charge in [0, 0.05) is 10.7 Å². The molecule has 0 saturated carbocycles. The molecule has 22 heavy (non-hydrogen) atoms. The van der Waals surface area contributed by atoms with Crippen LogP contribution in [0.15, 0.2) is 59.4 Å². The van der Waals surface area contributed by atoms with E-state index in [9.17, 15) is 9.90 Å². The van der Waals surface area contributed by atoms with E-state index in [4.69, 9.17) is 11.6 Å². The Kier molecular flexibility index (Phi) is 3.80.